The first kappa shape index (κ1) is 15.4. The van der Waals surface area contributed by atoms with Crippen LogP contribution < -0.4 is 0 Å². The number of hydrogen-bond donors (Lipinski definition) is 0. The molecule has 0 heterocycles. The number of hydrogen-bond acceptors (Lipinski definition) is 3. The number of ketones is 1. The van der Waals surface area contributed by atoms with Gasteiger partial charge in [0.05, 0.1) is 0 Å². The molecule has 2 aromatic carbocycles. The van der Waals surface area contributed by atoms with Crippen molar-refractivity contribution in [2.45, 2.75) is 6.92 Å². The van der Waals surface area contributed by atoms with Crippen molar-refractivity contribution in [2.24, 2.45) is 0 Å². The lowest BCUT2D eigenvalue weighted by molar-refractivity contribution is -0.133. The van der Waals surface area contributed by atoms with E-state index in [1.807, 2.05) is 36.4 Å². The van der Waals surface area contributed by atoms with Gasteiger partial charge in [0, 0.05) is 17.7 Å². The van der Waals surface area contributed by atoms with Gasteiger partial charge < -0.3 is 4.74 Å². The fourth-order valence-electron chi connectivity index (χ4n) is 1.82. The first-order chi connectivity index (χ1) is 10.6. The second-order valence-corrected chi connectivity index (χ2v) is 4.65. The number of esters is 1. The number of carbonyl (C=O) groups is 2. The molecular formula is C19H16O3. The first-order valence-corrected chi connectivity index (χ1v) is 6.88. The minimum absolute atomic E-state index is 0.196. The molecule has 0 aliphatic heterocycles. The number of carbonyl (C=O) groups excluding carboxylic acids is 2. The Morgan fingerprint density at radius 1 is 0.909 bits per heavy atom. The van der Waals surface area contributed by atoms with Gasteiger partial charge in [-0.25, -0.2) is 4.79 Å². The van der Waals surface area contributed by atoms with Crippen LogP contribution in [-0.4, -0.2) is 11.8 Å². The third-order valence-electron chi connectivity index (χ3n) is 2.87. The monoisotopic (exact) mass is 292 g/mol. The van der Waals surface area contributed by atoms with Crippen molar-refractivity contribution in [3.63, 3.8) is 0 Å². The molecule has 2 rings (SSSR count). The molecule has 0 radical (unpaired) electrons. The van der Waals surface area contributed by atoms with Crippen LogP contribution in [0.1, 0.15) is 22.8 Å². The number of rotatable bonds is 5. The molecule has 22 heavy (non-hydrogen) atoms. The van der Waals surface area contributed by atoms with Gasteiger partial charge in [0.2, 0.25) is 0 Å². The van der Waals surface area contributed by atoms with Crippen LogP contribution in [0.2, 0.25) is 0 Å². The summed E-state index contributed by atoms with van der Waals surface area (Å²) in [6, 6.07) is 18.3. The van der Waals surface area contributed by atoms with Gasteiger partial charge in [0.15, 0.2) is 5.78 Å². The maximum Gasteiger partial charge on any atom is 0.335 e. The summed E-state index contributed by atoms with van der Waals surface area (Å²) in [4.78, 5) is 23.6. The van der Waals surface area contributed by atoms with Crippen molar-refractivity contribution in [3.8, 4) is 0 Å². The quantitative estimate of drug-likeness (QED) is 0.362. The zero-order chi connectivity index (χ0) is 15.8. The molecule has 0 atom stereocenters. The topological polar surface area (TPSA) is 43.4 Å². The number of benzene rings is 2. The molecule has 0 unspecified atom stereocenters. The Hall–Kier alpha value is -2.94. The average molecular weight is 292 g/mol. The molecular weight excluding hydrogens is 276 g/mol. The molecule has 2 aromatic rings. The Bertz CT molecular complexity index is 698. The fraction of sp³-hybridized carbons (Fsp3) is 0.0526. The molecule has 0 aliphatic carbocycles. The first-order valence-electron chi connectivity index (χ1n) is 6.88. The SMILES string of the molecule is CC(=CC(=O)c1ccccc1)OC(=O)/C=C/c1ccccc1. The molecule has 0 saturated carbocycles. The Kier molecular flexibility index (Phi) is 5.44. The predicted molar refractivity (Wildman–Crippen MR) is 86.1 cm³/mol. The van der Waals surface area contributed by atoms with Crippen LogP contribution in [0.4, 0.5) is 0 Å². The second-order valence-electron chi connectivity index (χ2n) is 4.65. The van der Waals surface area contributed by atoms with E-state index < -0.39 is 5.97 Å². The van der Waals surface area contributed by atoms with Gasteiger partial charge in [-0.1, -0.05) is 60.7 Å². The number of ether oxygens (including phenoxy) is 1. The van der Waals surface area contributed by atoms with Gasteiger partial charge in [-0.2, -0.15) is 0 Å². The highest BCUT2D eigenvalue weighted by Crippen LogP contribution is 2.06. The molecule has 3 heteroatoms. The van der Waals surface area contributed by atoms with E-state index in [9.17, 15) is 9.59 Å². The summed E-state index contributed by atoms with van der Waals surface area (Å²) in [5, 5.41) is 0. The van der Waals surface area contributed by atoms with Crippen LogP contribution in [-0.2, 0) is 9.53 Å². The van der Waals surface area contributed by atoms with Crippen molar-refractivity contribution < 1.29 is 14.3 Å². The lowest BCUT2D eigenvalue weighted by Crippen LogP contribution is -2.01. The van der Waals surface area contributed by atoms with Crippen molar-refractivity contribution >= 4 is 17.8 Å². The van der Waals surface area contributed by atoms with Crippen LogP contribution >= 0.6 is 0 Å². The molecule has 0 bridgehead atoms. The highest BCUT2D eigenvalue weighted by atomic mass is 16.5. The largest absolute Gasteiger partial charge is 0.428 e. The molecule has 0 amide bonds. The fourth-order valence-corrected chi connectivity index (χ4v) is 1.82. The molecule has 0 spiro atoms. The van der Waals surface area contributed by atoms with Gasteiger partial charge in [-0.05, 0) is 18.6 Å². The third kappa shape index (κ3) is 4.87. The van der Waals surface area contributed by atoms with E-state index >= 15 is 0 Å². The van der Waals surface area contributed by atoms with Crippen LogP contribution in [0, 0.1) is 0 Å². The highest BCUT2D eigenvalue weighted by Gasteiger charge is 2.05. The minimum Gasteiger partial charge on any atom is -0.428 e. The third-order valence-corrected chi connectivity index (χ3v) is 2.87. The van der Waals surface area contributed by atoms with Crippen molar-refractivity contribution in [3.05, 3.63) is 89.7 Å². The second kappa shape index (κ2) is 7.74. The van der Waals surface area contributed by atoms with E-state index in [0.717, 1.165) is 5.56 Å². The molecule has 0 aliphatic rings. The van der Waals surface area contributed by atoms with E-state index in [2.05, 4.69) is 0 Å². The van der Waals surface area contributed by atoms with Crippen molar-refractivity contribution in [1.29, 1.82) is 0 Å². The Labute approximate surface area is 129 Å². The Morgan fingerprint density at radius 2 is 1.50 bits per heavy atom. The zero-order valence-corrected chi connectivity index (χ0v) is 12.2. The van der Waals surface area contributed by atoms with Crippen LogP contribution in [0.25, 0.3) is 6.08 Å². The van der Waals surface area contributed by atoms with Gasteiger partial charge in [-0.3, -0.25) is 4.79 Å². The minimum atomic E-state index is -0.515. The molecule has 0 N–H and O–H groups in total. The Balaban J connectivity index is 1.95. The smallest absolute Gasteiger partial charge is 0.335 e. The van der Waals surface area contributed by atoms with E-state index in [-0.39, 0.29) is 11.5 Å². The predicted octanol–water partition coefficient (Wildman–Crippen LogP) is 4.03. The summed E-state index contributed by atoms with van der Waals surface area (Å²) >= 11 is 0. The lowest BCUT2D eigenvalue weighted by atomic mass is 10.1. The van der Waals surface area contributed by atoms with E-state index in [0.29, 0.717) is 5.56 Å². The van der Waals surface area contributed by atoms with Gasteiger partial charge >= 0.3 is 5.97 Å². The van der Waals surface area contributed by atoms with Crippen LogP contribution in [0.3, 0.4) is 0 Å². The van der Waals surface area contributed by atoms with Crippen LogP contribution in [0.5, 0.6) is 0 Å². The maximum absolute atomic E-state index is 11.9. The van der Waals surface area contributed by atoms with E-state index in [4.69, 9.17) is 4.74 Å². The van der Waals surface area contributed by atoms with E-state index in [1.165, 1.54) is 12.2 Å². The normalized spacial score (nSPS) is 11.4. The molecule has 3 nitrogen and oxygen atoms in total. The average Bonchev–Trinajstić information content (AvgIpc) is 2.54. The zero-order valence-electron chi connectivity index (χ0n) is 12.2. The highest BCUT2D eigenvalue weighted by molar-refractivity contribution is 6.04. The molecule has 110 valence electrons. The summed E-state index contributed by atoms with van der Waals surface area (Å²) in [5.74, 6) is -0.451. The molecule has 0 aromatic heterocycles. The molecule has 0 saturated heterocycles. The van der Waals surface area contributed by atoms with E-state index in [1.54, 1.807) is 37.3 Å². The summed E-state index contributed by atoms with van der Waals surface area (Å²) in [5.41, 5.74) is 1.46. The van der Waals surface area contributed by atoms with Crippen LogP contribution in [0.15, 0.2) is 78.6 Å². The van der Waals surface area contributed by atoms with Gasteiger partial charge in [-0.15, -0.1) is 0 Å². The van der Waals surface area contributed by atoms with Gasteiger partial charge in [0.25, 0.3) is 0 Å². The summed E-state index contributed by atoms with van der Waals surface area (Å²) in [7, 11) is 0. The summed E-state index contributed by atoms with van der Waals surface area (Å²) < 4.78 is 5.08. The number of allylic oxidation sites excluding steroid dienone is 2. The Morgan fingerprint density at radius 3 is 2.14 bits per heavy atom. The standard InChI is InChI=1S/C19H16O3/c1-15(14-18(20)17-10-6-3-7-11-17)22-19(21)13-12-16-8-4-2-5-9-16/h2-14H,1H3/b13-12+,15-14?. The van der Waals surface area contributed by atoms with Crippen molar-refractivity contribution in [2.75, 3.05) is 0 Å². The van der Waals surface area contributed by atoms with Gasteiger partial charge in [0.1, 0.15) is 5.76 Å². The molecule has 0 fully saturated rings. The summed E-state index contributed by atoms with van der Waals surface area (Å²) in [6.45, 7) is 1.58. The van der Waals surface area contributed by atoms with Crippen molar-refractivity contribution in [1.82, 2.24) is 0 Å². The lowest BCUT2D eigenvalue weighted by Gasteiger charge is -2.01. The summed E-state index contributed by atoms with van der Waals surface area (Å²) in [6.07, 6.45) is 4.30. The maximum atomic E-state index is 11.9.